The van der Waals surface area contributed by atoms with E-state index < -0.39 is 48.6 Å². The summed E-state index contributed by atoms with van der Waals surface area (Å²) in [5.74, 6) is -11.0. The van der Waals surface area contributed by atoms with E-state index in [0.717, 1.165) is 0 Å². The van der Waals surface area contributed by atoms with E-state index in [9.17, 15) is 52.7 Å². The number of rotatable bonds is 0. The van der Waals surface area contributed by atoms with Crippen LogP contribution in [0.4, 0.5) is 52.7 Å². The zero-order valence-electron chi connectivity index (χ0n) is 12.3. The van der Waals surface area contributed by atoms with Crippen molar-refractivity contribution in [1.29, 1.82) is 0 Å². The molecule has 0 fully saturated rings. The molecule has 0 heterocycles. The number of halogens is 12. The molecule has 0 spiro atoms. The first-order valence-electron chi connectivity index (χ1n) is 4.98. The van der Waals surface area contributed by atoms with Gasteiger partial charge < -0.3 is 20.4 Å². The minimum Gasteiger partial charge on any atom is -0.475 e. The average Bonchev–Trinajstić information content (AvgIpc) is 2.35. The van der Waals surface area contributed by atoms with Gasteiger partial charge in [-0.25, -0.2) is 19.2 Å². The maximum atomic E-state index is 10.6. The fraction of sp³-hybridized carbons (Fsp3) is 0.500. The van der Waals surface area contributed by atoms with Crippen molar-refractivity contribution in [2.24, 2.45) is 0 Å². The van der Waals surface area contributed by atoms with Crippen LogP contribution in [-0.4, -0.2) is 69.0 Å². The molecule has 0 rings (SSSR count). The first-order valence-corrected chi connectivity index (χ1v) is 4.98. The largest absolute Gasteiger partial charge is 0.490 e. The van der Waals surface area contributed by atoms with Crippen LogP contribution in [0, 0.1) is 0 Å². The van der Waals surface area contributed by atoms with Gasteiger partial charge in [0, 0.05) is 19.5 Å². The van der Waals surface area contributed by atoms with Gasteiger partial charge >= 0.3 is 48.6 Å². The second kappa shape index (κ2) is 13.8. The summed E-state index contributed by atoms with van der Waals surface area (Å²) in [6.07, 6.45) is -20.3. The molecule has 177 valence electrons. The molecule has 0 aliphatic carbocycles. The molecule has 0 bridgehead atoms. The van der Waals surface area contributed by atoms with E-state index in [-0.39, 0.29) is 19.5 Å². The second-order valence-electron chi connectivity index (χ2n) is 3.21. The molecule has 0 saturated heterocycles. The molecule has 8 nitrogen and oxygen atoms in total. The van der Waals surface area contributed by atoms with Crippen molar-refractivity contribution < 1.29 is 112 Å². The minimum atomic E-state index is -5.08. The number of carbonyl (C=O) groups is 4. The van der Waals surface area contributed by atoms with Crippen molar-refractivity contribution in [2.45, 2.75) is 24.7 Å². The Morgan fingerprint density at radius 3 is 0.414 bits per heavy atom. The molecule has 21 heteroatoms. The summed E-state index contributed by atoms with van der Waals surface area (Å²) >= 11 is 0. The molecule has 29 heavy (non-hydrogen) atoms. The number of carboxylic acid groups (broad SMARTS) is 4. The van der Waals surface area contributed by atoms with Crippen LogP contribution in [0.15, 0.2) is 0 Å². The van der Waals surface area contributed by atoms with Crippen molar-refractivity contribution in [2.75, 3.05) is 0 Å². The fourth-order valence-electron chi connectivity index (χ4n) is 0. The summed E-state index contributed by atoms with van der Waals surface area (Å²) in [6.45, 7) is 0. The van der Waals surface area contributed by atoms with E-state index in [2.05, 4.69) is 0 Å². The minimum absolute atomic E-state index is 0. The molecule has 0 aromatic rings. The quantitative estimate of drug-likeness (QED) is 0.262. The Labute approximate surface area is 161 Å². The summed E-state index contributed by atoms with van der Waals surface area (Å²) < 4.78 is 127. The van der Waals surface area contributed by atoms with Crippen molar-refractivity contribution in [3.05, 3.63) is 0 Å². The predicted molar refractivity (Wildman–Crippen MR) is 54.8 cm³/mol. The van der Waals surface area contributed by atoms with Gasteiger partial charge in [-0.1, -0.05) is 0 Å². The SMILES string of the molecule is O=C(O)C(F)(F)F.O=C(O)C(F)(F)F.O=C(O)C(F)(F)F.O=C(O)C(F)(F)F.[Rh]. The van der Waals surface area contributed by atoms with Gasteiger partial charge in [-0.3, -0.25) is 0 Å². The summed E-state index contributed by atoms with van der Waals surface area (Å²) in [5.41, 5.74) is 0. The third-order valence-electron chi connectivity index (χ3n) is 0.970. The normalized spacial score (nSPS) is 10.9. The van der Waals surface area contributed by atoms with Crippen LogP contribution in [0.5, 0.6) is 0 Å². The van der Waals surface area contributed by atoms with Gasteiger partial charge in [0.1, 0.15) is 0 Å². The average molecular weight is 559 g/mol. The third-order valence-corrected chi connectivity index (χ3v) is 0.970. The molecule has 0 saturated carbocycles. The van der Waals surface area contributed by atoms with Crippen LogP contribution in [-0.2, 0) is 38.7 Å². The smallest absolute Gasteiger partial charge is 0.475 e. The van der Waals surface area contributed by atoms with E-state index in [1.165, 1.54) is 0 Å². The molecule has 0 aliphatic heterocycles. The number of hydrogen-bond donors (Lipinski definition) is 4. The molecular formula is C8H4F12O8Rh. The Balaban J connectivity index is -0.0000000873. The van der Waals surface area contributed by atoms with Crippen LogP contribution in [0.2, 0.25) is 0 Å². The predicted octanol–water partition coefficient (Wildman–Crippen LogP) is 2.53. The maximum absolute atomic E-state index is 10.6. The summed E-state index contributed by atoms with van der Waals surface area (Å²) in [6, 6.07) is 0. The molecule has 0 aliphatic rings. The number of hydrogen-bond acceptors (Lipinski definition) is 4. The standard InChI is InChI=1S/4C2HF3O2.Rh/c4*3-2(4,5)1(6)7;/h4*(H,6,7);. The zero-order valence-corrected chi connectivity index (χ0v) is 13.9. The van der Waals surface area contributed by atoms with Gasteiger partial charge in [-0.05, 0) is 0 Å². The van der Waals surface area contributed by atoms with Gasteiger partial charge in [-0.15, -0.1) is 0 Å². The first kappa shape index (κ1) is 37.4. The molecule has 4 N–H and O–H groups in total. The molecular weight excluding hydrogens is 555 g/mol. The van der Waals surface area contributed by atoms with Gasteiger partial charge in [0.25, 0.3) is 0 Å². The fourth-order valence-corrected chi connectivity index (χ4v) is 0. The van der Waals surface area contributed by atoms with Gasteiger partial charge in [0.05, 0.1) is 0 Å². The summed E-state index contributed by atoms with van der Waals surface area (Å²) in [5, 5.41) is 28.5. The Morgan fingerprint density at radius 2 is 0.414 bits per heavy atom. The monoisotopic (exact) mass is 559 g/mol. The van der Waals surface area contributed by atoms with Crippen LogP contribution in [0.3, 0.4) is 0 Å². The second-order valence-corrected chi connectivity index (χ2v) is 3.21. The molecule has 0 unspecified atom stereocenters. The summed E-state index contributed by atoms with van der Waals surface area (Å²) in [4.78, 5) is 35.6. The van der Waals surface area contributed by atoms with Crippen molar-refractivity contribution >= 4 is 23.9 Å². The molecule has 0 aromatic carbocycles. The van der Waals surface area contributed by atoms with Crippen LogP contribution in [0.25, 0.3) is 0 Å². The molecule has 0 amide bonds. The van der Waals surface area contributed by atoms with Crippen LogP contribution >= 0.6 is 0 Å². The Bertz CT molecular complexity index is 436. The summed E-state index contributed by atoms with van der Waals surface area (Å²) in [7, 11) is 0. The number of alkyl halides is 12. The third kappa shape index (κ3) is 30.6. The van der Waals surface area contributed by atoms with Crippen molar-refractivity contribution in [1.82, 2.24) is 0 Å². The van der Waals surface area contributed by atoms with E-state index in [1.54, 1.807) is 0 Å². The van der Waals surface area contributed by atoms with E-state index >= 15 is 0 Å². The van der Waals surface area contributed by atoms with Gasteiger partial charge in [0.15, 0.2) is 0 Å². The first-order chi connectivity index (χ1) is 11.8. The van der Waals surface area contributed by atoms with Gasteiger partial charge in [-0.2, -0.15) is 52.7 Å². The van der Waals surface area contributed by atoms with E-state index in [4.69, 9.17) is 39.6 Å². The molecule has 0 atom stereocenters. The Morgan fingerprint density at radius 1 is 0.379 bits per heavy atom. The van der Waals surface area contributed by atoms with Crippen molar-refractivity contribution in [3.8, 4) is 0 Å². The number of aliphatic carboxylic acids is 4. The van der Waals surface area contributed by atoms with E-state index in [0.29, 0.717) is 0 Å². The van der Waals surface area contributed by atoms with Gasteiger partial charge in [0.2, 0.25) is 0 Å². The maximum Gasteiger partial charge on any atom is 0.490 e. The molecule has 1 radical (unpaired) electrons. The molecule has 0 aromatic heterocycles. The zero-order chi connectivity index (χ0) is 24.3. The number of carboxylic acids is 4. The Kier molecular flexibility index (Phi) is 17.8. The van der Waals surface area contributed by atoms with E-state index in [1.807, 2.05) is 0 Å². The van der Waals surface area contributed by atoms with Crippen molar-refractivity contribution in [3.63, 3.8) is 0 Å². The van der Waals surface area contributed by atoms with Crippen LogP contribution < -0.4 is 0 Å². The van der Waals surface area contributed by atoms with Crippen LogP contribution in [0.1, 0.15) is 0 Å². The Hall–Kier alpha value is -2.34. The topological polar surface area (TPSA) is 149 Å².